The largest absolute Gasteiger partial charge is 0.289 e. The minimum atomic E-state index is -1.77. The molecule has 0 aliphatic heterocycles. The highest BCUT2D eigenvalue weighted by Crippen LogP contribution is 2.22. The number of carbonyl (C=O) groups excluding carboxylic acids is 2. The molecular formula is C10H12FNO3. The van der Waals surface area contributed by atoms with E-state index in [1.165, 1.54) is 21.1 Å². The molecule has 0 bridgehead atoms. The minimum Gasteiger partial charge on any atom is -0.289 e. The van der Waals surface area contributed by atoms with Crippen molar-refractivity contribution >= 4 is 11.7 Å². The number of likely N-dealkylation sites (N-methyl/N-ethyl adjacent to an activating group) is 1. The number of rotatable bonds is 2. The summed E-state index contributed by atoms with van der Waals surface area (Å²) in [5.41, 5.74) is -1.99. The summed E-state index contributed by atoms with van der Waals surface area (Å²) in [5, 5.41) is 0.874. The van der Waals surface area contributed by atoms with Gasteiger partial charge in [-0.3, -0.25) is 14.4 Å². The Labute approximate surface area is 87.0 Å². The third kappa shape index (κ3) is 2.50. The van der Waals surface area contributed by atoms with Gasteiger partial charge in [-0.05, 0) is 25.2 Å². The van der Waals surface area contributed by atoms with Crippen LogP contribution in [-0.2, 0) is 14.4 Å². The highest BCUT2D eigenvalue weighted by atomic mass is 19.1. The highest BCUT2D eigenvalue weighted by Gasteiger charge is 2.29. The number of carbonyl (C=O) groups is 2. The molecule has 15 heavy (non-hydrogen) atoms. The van der Waals surface area contributed by atoms with Gasteiger partial charge in [0.25, 0.3) is 5.91 Å². The third-order valence-electron chi connectivity index (χ3n) is 2.04. The van der Waals surface area contributed by atoms with Gasteiger partial charge in [0, 0.05) is 7.05 Å². The number of nitrogens with zero attached hydrogens (tertiary/aromatic N) is 1. The quantitative estimate of drug-likeness (QED) is 0.503. The average molecular weight is 213 g/mol. The Morgan fingerprint density at radius 3 is 2.73 bits per heavy atom. The van der Waals surface area contributed by atoms with Crippen LogP contribution in [0.4, 0.5) is 4.39 Å². The minimum absolute atomic E-state index is 0.216. The second kappa shape index (κ2) is 3.94. The van der Waals surface area contributed by atoms with Gasteiger partial charge in [0.15, 0.2) is 5.78 Å². The number of ketones is 1. The molecule has 0 saturated heterocycles. The number of alkyl halides is 1. The normalized spacial score (nSPS) is 25.1. The first-order valence-electron chi connectivity index (χ1n) is 4.35. The summed E-state index contributed by atoms with van der Waals surface area (Å²) in [6.07, 6.45) is 3.16. The smallest absolute Gasteiger partial charge is 0.280 e. The lowest BCUT2D eigenvalue weighted by molar-refractivity contribution is -0.164. The van der Waals surface area contributed by atoms with Crippen LogP contribution >= 0.6 is 0 Å². The van der Waals surface area contributed by atoms with E-state index in [-0.39, 0.29) is 5.57 Å². The number of allylic oxidation sites excluding steroid dienone is 3. The van der Waals surface area contributed by atoms with Crippen molar-refractivity contribution in [3.05, 3.63) is 23.8 Å². The van der Waals surface area contributed by atoms with Crippen LogP contribution in [0.15, 0.2) is 23.8 Å². The molecule has 0 aromatic carbocycles. The first-order chi connectivity index (χ1) is 6.87. The van der Waals surface area contributed by atoms with E-state index in [2.05, 4.69) is 4.84 Å². The Morgan fingerprint density at radius 1 is 1.60 bits per heavy atom. The molecule has 0 heterocycles. The topological polar surface area (TPSA) is 46.6 Å². The van der Waals surface area contributed by atoms with E-state index in [0.29, 0.717) is 0 Å². The summed E-state index contributed by atoms with van der Waals surface area (Å²) in [4.78, 5) is 27.5. The van der Waals surface area contributed by atoms with E-state index >= 15 is 0 Å². The molecule has 82 valence electrons. The number of hydroxylamine groups is 2. The second-order valence-corrected chi connectivity index (χ2v) is 3.39. The van der Waals surface area contributed by atoms with Crippen LogP contribution in [0, 0.1) is 0 Å². The Morgan fingerprint density at radius 2 is 2.20 bits per heavy atom. The molecule has 1 rings (SSSR count). The molecule has 4 nitrogen and oxygen atoms in total. The monoisotopic (exact) mass is 213 g/mol. The van der Waals surface area contributed by atoms with Crippen LogP contribution in [0.5, 0.6) is 0 Å². The van der Waals surface area contributed by atoms with Crippen LogP contribution in [0.3, 0.4) is 0 Å². The number of hydrogen-bond donors (Lipinski definition) is 0. The lowest BCUT2D eigenvalue weighted by Crippen LogP contribution is -2.32. The summed E-state index contributed by atoms with van der Waals surface area (Å²) in [6.45, 7) is 1.26. The van der Waals surface area contributed by atoms with Crippen LogP contribution in [-0.4, -0.2) is 36.6 Å². The van der Waals surface area contributed by atoms with Gasteiger partial charge in [0.05, 0.1) is 12.7 Å². The zero-order chi connectivity index (χ0) is 11.6. The average Bonchev–Trinajstić information content (AvgIpc) is 2.19. The molecule has 1 aliphatic carbocycles. The molecule has 0 aromatic rings. The van der Waals surface area contributed by atoms with Crippen molar-refractivity contribution in [2.24, 2.45) is 0 Å². The Kier molecular flexibility index (Phi) is 3.04. The molecule has 0 radical (unpaired) electrons. The van der Waals surface area contributed by atoms with E-state index in [1.807, 2.05) is 0 Å². The van der Waals surface area contributed by atoms with Gasteiger partial charge in [-0.1, -0.05) is 0 Å². The van der Waals surface area contributed by atoms with Gasteiger partial charge < -0.3 is 0 Å². The summed E-state index contributed by atoms with van der Waals surface area (Å²) >= 11 is 0. The summed E-state index contributed by atoms with van der Waals surface area (Å²) in [7, 11) is 2.64. The zero-order valence-electron chi connectivity index (χ0n) is 8.78. The molecular weight excluding hydrogens is 201 g/mol. The molecule has 1 amide bonds. The molecule has 5 heteroatoms. The lowest BCUT2D eigenvalue weighted by atomic mass is 9.95. The standard InChI is InChI=1S/C10H12FNO3/c1-10(11)5-4-8(13)7(6-10)9(14)12(2)15-3/h4-6H,1-3H3/t10-/m0/s1. The van der Waals surface area contributed by atoms with Crippen molar-refractivity contribution in [2.45, 2.75) is 12.6 Å². The fraction of sp³-hybridized carbons (Fsp3) is 0.400. The predicted octanol–water partition coefficient (Wildman–Crippen LogP) is 0.800. The number of amides is 1. The summed E-state index contributed by atoms with van der Waals surface area (Å²) < 4.78 is 13.5. The van der Waals surface area contributed by atoms with Gasteiger partial charge in [0.1, 0.15) is 5.67 Å². The molecule has 0 fully saturated rings. The van der Waals surface area contributed by atoms with Gasteiger partial charge in [0.2, 0.25) is 0 Å². The Hall–Kier alpha value is -1.49. The van der Waals surface area contributed by atoms with Crippen molar-refractivity contribution in [2.75, 3.05) is 14.2 Å². The second-order valence-electron chi connectivity index (χ2n) is 3.39. The Balaban J connectivity index is 2.99. The molecule has 0 spiro atoms. The van der Waals surface area contributed by atoms with E-state index < -0.39 is 17.4 Å². The zero-order valence-corrected chi connectivity index (χ0v) is 8.78. The summed E-state index contributed by atoms with van der Waals surface area (Å²) in [6, 6.07) is 0. The maximum absolute atomic E-state index is 13.5. The van der Waals surface area contributed by atoms with Gasteiger partial charge in [-0.25, -0.2) is 9.45 Å². The van der Waals surface area contributed by atoms with Crippen LogP contribution in [0.2, 0.25) is 0 Å². The van der Waals surface area contributed by atoms with E-state index in [0.717, 1.165) is 23.3 Å². The number of hydrogen-bond acceptors (Lipinski definition) is 3. The van der Waals surface area contributed by atoms with Crippen molar-refractivity contribution < 1.29 is 18.8 Å². The van der Waals surface area contributed by atoms with Crippen LogP contribution in [0.25, 0.3) is 0 Å². The third-order valence-corrected chi connectivity index (χ3v) is 2.04. The Bertz CT molecular complexity index is 358. The SMILES string of the molecule is CON(C)C(=O)C1=C[C@@](C)(F)C=CC1=O. The van der Waals surface area contributed by atoms with E-state index in [1.54, 1.807) is 0 Å². The van der Waals surface area contributed by atoms with Crippen molar-refractivity contribution in [3.8, 4) is 0 Å². The molecule has 0 aromatic heterocycles. The van der Waals surface area contributed by atoms with E-state index in [4.69, 9.17) is 0 Å². The molecule has 0 saturated carbocycles. The van der Waals surface area contributed by atoms with Crippen LogP contribution < -0.4 is 0 Å². The molecule has 0 N–H and O–H groups in total. The first kappa shape index (κ1) is 11.6. The van der Waals surface area contributed by atoms with Crippen molar-refractivity contribution in [1.29, 1.82) is 0 Å². The van der Waals surface area contributed by atoms with Crippen molar-refractivity contribution in [3.63, 3.8) is 0 Å². The van der Waals surface area contributed by atoms with Crippen molar-refractivity contribution in [1.82, 2.24) is 5.06 Å². The maximum atomic E-state index is 13.5. The maximum Gasteiger partial charge on any atom is 0.280 e. The molecule has 1 atom stereocenters. The first-order valence-corrected chi connectivity index (χ1v) is 4.35. The fourth-order valence-corrected chi connectivity index (χ4v) is 1.15. The van der Waals surface area contributed by atoms with Gasteiger partial charge >= 0.3 is 0 Å². The lowest BCUT2D eigenvalue weighted by Gasteiger charge is -2.20. The van der Waals surface area contributed by atoms with Gasteiger partial charge in [-0.15, -0.1) is 0 Å². The predicted molar refractivity (Wildman–Crippen MR) is 51.5 cm³/mol. The summed E-state index contributed by atoms with van der Waals surface area (Å²) in [5.74, 6) is -1.17. The van der Waals surface area contributed by atoms with E-state index in [9.17, 15) is 14.0 Å². The molecule has 1 aliphatic rings. The van der Waals surface area contributed by atoms with Crippen LogP contribution in [0.1, 0.15) is 6.92 Å². The highest BCUT2D eigenvalue weighted by molar-refractivity contribution is 6.23. The fourth-order valence-electron chi connectivity index (χ4n) is 1.15. The number of halogens is 1. The van der Waals surface area contributed by atoms with Gasteiger partial charge in [-0.2, -0.15) is 0 Å². The molecule has 0 unspecified atom stereocenters.